The van der Waals surface area contributed by atoms with E-state index < -0.39 is 8.80 Å². The van der Waals surface area contributed by atoms with Gasteiger partial charge in [-0.3, -0.25) is 0 Å². The van der Waals surface area contributed by atoms with E-state index in [1.54, 1.807) is 21.3 Å². The smallest absolute Gasteiger partial charge is 0.382 e. The van der Waals surface area contributed by atoms with Crippen LogP contribution in [-0.2, 0) is 18.0 Å². The quantitative estimate of drug-likeness (QED) is 0.644. The second-order valence-corrected chi connectivity index (χ2v) is 9.90. The van der Waals surface area contributed by atoms with E-state index in [1.807, 2.05) is 0 Å². The highest BCUT2D eigenvalue weighted by Gasteiger charge is 2.38. The molecule has 1 fully saturated rings. The van der Waals surface area contributed by atoms with Crippen molar-refractivity contribution in [3.8, 4) is 0 Å². The van der Waals surface area contributed by atoms with Gasteiger partial charge in [-0.2, -0.15) is 0 Å². The summed E-state index contributed by atoms with van der Waals surface area (Å²) < 4.78 is 21.9. The minimum absolute atomic E-state index is 0.307. The van der Waals surface area contributed by atoms with Gasteiger partial charge in [-0.1, -0.05) is 0 Å². The van der Waals surface area contributed by atoms with E-state index in [0.29, 0.717) is 5.73 Å². The van der Waals surface area contributed by atoms with Crippen LogP contribution in [0.4, 0.5) is 0 Å². The van der Waals surface area contributed by atoms with Gasteiger partial charge < -0.3 is 18.0 Å². The van der Waals surface area contributed by atoms with Gasteiger partial charge in [0.2, 0.25) is 0 Å². The van der Waals surface area contributed by atoms with E-state index in [4.69, 9.17) is 18.0 Å². The van der Waals surface area contributed by atoms with Crippen molar-refractivity contribution in [1.82, 2.24) is 0 Å². The molecule has 0 aromatic rings. The maximum absolute atomic E-state index is 5.72. The van der Waals surface area contributed by atoms with Crippen molar-refractivity contribution in [1.29, 1.82) is 0 Å². The van der Waals surface area contributed by atoms with Gasteiger partial charge in [-0.05, 0) is 19.3 Å². The third kappa shape index (κ3) is 3.97. The van der Waals surface area contributed by atoms with Crippen LogP contribution in [0, 0.1) is 0 Å². The lowest BCUT2D eigenvalue weighted by atomic mass is 10.2. The Bertz CT molecular complexity index is 161. The number of rotatable bonds is 6. The van der Waals surface area contributed by atoms with E-state index in [-0.39, 0.29) is 9.52 Å². The minimum atomic E-state index is -2.32. The van der Waals surface area contributed by atoms with Crippen molar-refractivity contribution in [2.75, 3.05) is 27.9 Å². The number of hydrogen-bond acceptors (Lipinski definition) is 4. The molecule has 1 saturated heterocycles. The first-order valence-electron chi connectivity index (χ1n) is 5.53. The van der Waals surface area contributed by atoms with E-state index in [9.17, 15) is 0 Å². The number of hydrogen-bond donors (Lipinski definition) is 0. The normalized spacial score (nSPS) is 23.8. The lowest BCUT2D eigenvalue weighted by Crippen LogP contribution is -2.46. The molecule has 1 atom stereocenters. The van der Waals surface area contributed by atoms with E-state index in [2.05, 4.69) is 0 Å². The van der Waals surface area contributed by atoms with Gasteiger partial charge in [-0.15, -0.1) is 0 Å². The highest BCUT2D eigenvalue weighted by molar-refractivity contribution is 6.71. The Morgan fingerprint density at radius 1 is 1.20 bits per heavy atom. The average molecular weight is 250 g/mol. The van der Waals surface area contributed by atoms with Gasteiger partial charge in [-0.25, -0.2) is 0 Å². The molecule has 0 aliphatic carbocycles. The molecular weight excluding hydrogens is 228 g/mol. The first-order chi connectivity index (χ1) is 7.26. The van der Waals surface area contributed by atoms with Gasteiger partial charge in [0, 0.05) is 39.3 Å². The summed E-state index contributed by atoms with van der Waals surface area (Å²) in [5.41, 5.74) is 1.48. The summed E-state index contributed by atoms with van der Waals surface area (Å²) in [6.07, 6.45) is 3.74. The molecule has 4 nitrogen and oxygen atoms in total. The molecule has 0 bridgehead atoms. The zero-order chi connectivity index (χ0) is 11.1. The number of ether oxygens (including phenoxy) is 1. The standard InChI is InChI=1S/C9H22O4Si2/c1-10-15(11-2,12-3)8-14-9-6-4-5-7-13-9/h9H,4-8,14H2,1-3H3. The van der Waals surface area contributed by atoms with Gasteiger partial charge in [0.15, 0.2) is 0 Å². The summed E-state index contributed by atoms with van der Waals surface area (Å²) in [7, 11) is 2.40. The minimum Gasteiger partial charge on any atom is -0.382 e. The second kappa shape index (κ2) is 6.77. The predicted octanol–water partition coefficient (Wildman–Crippen LogP) is 0.517. The van der Waals surface area contributed by atoms with Crippen molar-refractivity contribution in [3.63, 3.8) is 0 Å². The fraction of sp³-hybridized carbons (Fsp3) is 1.00. The molecule has 0 spiro atoms. The molecule has 1 aliphatic heterocycles. The third-order valence-electron chi connectivity index (χ3n) is 2.98. The Morgan fingerprint density at radius 3 is 2.33 bits per heavy atom. The highest BCUT2D eigenvalue weighted by atomic mass is 28.4. The van der Waals surface area contributed by atoms with Crippen LogP contribution in [0.5, 0.6) is 0 Å². The first-order valence-corrected chi connectivity index (χ1v) is 9.28. The van der Waals surface area contributed by atoms with Crippen molar-refractivity contribution in [2.45, 2.75) is 30.7 Å². The Kier molecular flexibility index (Phi) is 6.02. The molecule has 0 radical (unpaired) electrons. The first kappa shape index (κ1) is 13.3. The zero-order valence-corrected chi connectivity index (χ0v) is 12.4. The SMILES string of the molecule is CO[Si](C[SiH2]C1CCCCO1)(OC)OC. The molecule has 90 valence electrons. The van der Waals surface area contributed by atoms with E-state index in [0.717, 1.165) is 12.3 Å². The summed E-state index contributed by atoms with van der Waals surface area (Å²) in [6, 6.07) is 0. The highest BCUT2D eigenvalue weighted by Crippen LogP contribution is 2.17. The van der Waals surface area contributed by atoms with Crippen LogP contribution in [-0.4, -0.2) is 52.0 Å². The molecule has 6 heteroatoms. The van der Waals surface area contributed by atoms with Crippen molar-refractivity contribution in [2.24, 2.45) is 0 Å². The molecular formula is C9H22O4Si2. The molecule has 15 heavy (non-hydrogen) atoms. The summed E-state index contributed by atoms with van der Waals surface area (Å²) in [5, 5.41) is 0. The Morgan fingerprint density at radius 2 is 1.87 bits per heavy atom. The van der Waals surface area contributed by atoms with Gasteiger partial charge in [0.1, 0.15) is 0 Å². The van der Waals surface area contributed by atoms with Gasteiger partial charge >= 0.3 is 8.80 Å². The second-order valence-electron chi connectivity index (χ2n) is 3.82. The summed E-state index contributed by atoms with van der Waals surface area (Å²) in [5.74, 6) is 0. The van der Waals surface area contributed by atoms with Crippen LogP contribution < -0.4 is 0 Å². The topological polar surface area (TPSA) is 36.9 Å². The maximum atomic E-state index is 5.72. The molecule has 0 N–H and O–H groups in total. The van der Waals surface area contributed by atoms with Crippen LogP contribution in [0.3, 0.4) is 0 Å². The molecule has 0 amide bonds. The van der Waals surface area contributed by atoms with Crippen LogP contribution in [0.25, 0.3) is 0 Å². The lowest BCUT2D eigenvalue weighted by molar-refractivity contribution is 0.0642. The van der Waals surface area contributed by atoms with Crippen molar-refractivity contribution >= 4 is 18.3 Å². The monoisotopic (exact) mass is 250 g/mol. The van der Waals surface area contributed by atoms with E-state index >= 15 is 0 Å². The summed E-state index contributed by atoms with van der Waals surface area (Å²) in [4.78, 5) is 0. The van der Waals surface area contributed by atoms with Crippen LogP contribution in [0.2, 0.25) is 5.67 Å². The molecule has 0 saturated carbocycles. The van der Waals surface area contributed by atoms with Gasteiger partial charge in [0.05, 0.1) is 9.52 Å². The molecule has 0 aromatic heterocycles. The Hall–Kier alpha value is 0.274. The largest absolute Gasteiger partial charge is 0.496 e. The predicted molar refractivity (Wildman–Crippen MR) is 63.7 cm³/mol. The Labute approximate surface area is 95.4 Å². The average Bonchev–Trinajstić information content (AvgIpc) is 2.33. The summed E-state index contributed by atoms with van der Waals surface area (Å²) in [6.45, 7) is 0.930. The van der Waals surface area contributed by atoms with Crippen LogP contribution in [0.1, 0.15) is 19.3 Å². The third-order valence-corrected chi connectivity index (χ3v) is 9.74. The van der Waals surface area contributed by atoms with Crippen LogP contribution >= 0.6 is 0 Å². The Balaban J connectivity index is 2.31. The molecule has 0 aromatic carbocycles. The zero-order valence-electron chi connectivity index (χ0n) is 9.95. The molecule has 1 rings (SSSR count). The molecule has 1 heterocycles. The maximum Gasteiger partial charge on any atom is 0.496 e. The fourth-order valence-corrected chi connectivity index (χ4v) is 8.49. The van der Waals surface area contributed by atoms with E-state index in [1.165, 1.54) is 19.3 Å². The molecule has 1 unspecified atom stereocenters. The lowest BCUT2D eigenvalue weighted by Gasteiger charge is -2.27. The van der Waals surface area contributed by atoms with Crippen LogP contribution in [0.15, 0.2) is 0 Å². The summed E-state index contributed by atoms with van der Waals surface area (Å²) >= 11 is 0. The molecule has 1 aliphatic rings. The fourth-order valence-electron chi connectivity index (χ4n) is 1.93. The van der Waals surface area contributed by atoms with Crippen molar-refractivity contribution < 1.29 is 18.0 Å². The van der Waals surface area contributed by atoms with Gasteiger partial charge in [0.25, 0.3) is 0 Å². The van der Waals surface area contributed by atoms with Crippen molar-refractivity contribution in [3.05, 3.63) is 0 Å².